The van der Waals surface area contributed by atoms with Gasteiger partial charge in [-0.15, -0.1) is 0 Å². The molecule has 0 bridgehead atoms. The van der Waals surface area contributed by atoms with E-state index >= 15 is 0 Å². The molecule has 0 spiro atoms. The summed E-state index contributed by atoms with van der Waals surface area (Å²) < 4.78 is 2.43. The Morgan fingerprint density at radius 2 is 2.22 bits per heavy atom. The number of hydrogen-bond acceptors (Lipinski definition) is 3. The van der Waals surface area contributed by atoms with Crippen LogP contribution >= 0.6 is 11.8 Å². The Balaban J connectivity index is 1.66. The highest BCUT2D eigenvalue weighted by Gasteiger charge is 2.21. The molecule has 3 nitrogen and oxygen atoms in total. The minimum absolute atomic E-state index is 0.680. The molecule has 1 unspecified atom stereocenters. The van der Waals surface area contributed by atoms with Crippen LogP contribution in [0, 0.1) is 5.92 Å². The van der Waals surface area contributed by atoms with E-state index in [4.69, 9.17) is 0 Å². The van der Waals surface area contributed by atoms with E-state index in [1.54, 1.807) is 0 Å². The van der Waals surface area contributed by atoms with Crippen LogP contribution in [0.5, 0.6) is 0 Å². The molecule has 1 atom stereocenters. The SMILES string of the molecule is c1ncn(CC2CCSCC2)c1C1CCCNC1. The Morgan fingerprint density at radius 1 is 1.33 bits per heavy atom. The van der Waals surface area contributed by atoms with Crippen molar-refractivity contribution >= 4 is 11.8 Å². The second-order valence-corrected chi connectivity index (χ2v) is 6.79. The minimum atomic E-state index is 0.680. The smallest absolute Gasteiger partial charge is 0.0948 e. The maximum absolute atomic E-state index is 4.39. The van der Waals surface area contributed by atoms with Gasteiger partial charge in [-0.25, -0.2) is 4.98 Å². The lowest BCUT2D eigenvalue weighted by molar-refractivity contribution is 0.387. The molecule has 2 fully saturated rings. The number of imidazole rings is 1. The van der Waals surface area contributed by atoms with Gasteiger partial charge in [0.2, 0.25) is 0 Å². The zero-order valence-electron chi connectivity index (χ0n) is 11.0. The van der Waals surface area contributed by atoms with E-state index in [0.29, 0.717) is 5.92 Å². The number of aromatic nitrogens is 2. The second kappa shape index (κ2) is 6.11. The molecule has 0 aliphatic carbocycles. The van der Waals surface area contributed by atoms with E-state index in [2.05, 4.69) is 32.8 Å². The fraction of sp³-hybridized carbons (Fsp3) is 0.786. The van der Waals surface area contributed by atoms with Crippen molar-refractivity contribution in [2.45, 2.75) is 38.1 Å². The van der Waals surface area contributed by atoms with Crippen LogP contribution in [-0.2, 0) is 6.54 Å². The molecule has 2 aliphatic rings. The van der Waals surface area contributed by atoms with Crippen LogP contribution in [0.15, 0.2) is 12.5 Å². The van der Waals surface area contributed by atoms with Crippen molar-refractivity contribution in [1.29, 1.82) is 0 Å². The van der Waals surface area contributed by atoms with Crippen molar-refractivity contribution < 1.29 is 0 Å². The summed E-state index contributed by atoms with van der Waals surface area (Å²) in [5.74, 6) is 4.24. The van der Waals surface area contributed by atoms with Gasteiger partial charge in [-0.3, -0.25) is 0 Å². The summed E-state index contributed by atoms with van der Waals surface area (Å²) in [6.45, 7) is 3.50. The summed E-state index contributed by atoms with van der Waals surface area (Å²) in [6, 6.07) is 0. The lowest BCUT2D eigenvalue weighted by Crippen LogP contribution is -2.30. The molecule has 100 valence electrons. The molecule has 1 aromatic rings. The van der Waals surface area contributed by atoms with Crippen LogP contribution < -0.4 is 5.32 Å². The van der Waals surface area contributed by atoms with Crippen molar-refractivity contribution in [3.05, 3.63) is 18.2 Å². The van der Waals surface area contributed by atoms with E-state index in [1.165, 1.54) is 56.0 Å². The molecule has 18 heavy (non-hydrogen) atoms. The molecule has 1 N–H and O–H groups in total. The van der Waals surface area contributed by atoms with Crippen LogP contribution in [-0.4, -0.2) is 34.1 Å². The minimum Gasteiger partial charge on any atom is -0.334 e. The topological polar surface area (TPSA) is 29.9 Å². The Morgan fingerprint density at radius 3 is 3.00 bits per heavy atom. The van der Waals surface area contributed by atoms with E-state index in [9.17, 15) is 0 Å². The first-order valence-electron chi connectivity index (χ1n) is 7.22. The van der Waals surface area contributed by atoms with Crippen LogP contribution in [0.4, 0.5) is 0 Å². The Bertz CT molecular complexity index is 365. The normalized spacial score (nSPS) is 26.3. The molecular weight excluding hydrogens is 242 g/mol. The van der Waals surface area contributed by atoms with Crippen LogP contribution in [0.1, 0.15) is 37.3 Å². The fourth-order valence-electron chi connectivity index (χ4n) is 3.13. The Kier molecular flexibility index (Phi) is 4.26. The predicted molar refractivity (Wildman–Crippen MR) is 77.1 cm³/mol. The lowest BCUT2D eigenvalue weighted by atomic mass is 9.96. The van der Waals surface area contributed by atoms with Gasteiger partial charge in [-0.1, -0.05) is 0 Å². The molecule has 1 aromatic heterocycles. The molecule has 2 saturated heterocycles. The standard InChI is InChI=1S/C14H23N3S/c1-2-13(8-15-5-1)14-9-16-11-17(14)10-12-3-6-18-7-4-12/h9,11-13,15H,1-8,10H2. The maximum Gasteiger partial charge on any atom is 0.0948 e. The van der Waals surface area contributed by atoms with Gasteiger partial charge >= 0.3 is 0 Å². The van der Waals surface area contributed by atoms with Crippen LogP contribution in [0.3, 0.4) is 0 Å². The van der Waals surface area contributed by atoms with Gasteiger partial charge in [0, 0.05) is 30.9 Å². The van der Waals surface area contributed by atoms with E-state index < -0.39 is 0 Å². The third-order valence-corrected chi connectivity index (χ3v) is 5.30. The van der Waals surface area contributed by atoms with Crippen molar-refractivity contribution in [2.75, 3.05) is 24.6 Å². The van der Waals surface area contributed by atoms with Crippen molar-refractivity contribution in [3.63, 3.8) is 0 Å². The zero-order valence-corrected chi connectivity index (χ0v) is 11.8. The number of thioether (sulfide) groups is 1. The summed E-state index contributed by atoms with van der Waals surface area (Å²) in [5.41, 5.74) is 1.46. The first-order valence-corrected chi connectivity index (χ1v) is 8.37. The largest absolute Gasteiger partial charge is 0.334 e. The summed E-state index contributed by atoms with van der Waals surface area (Å²) in [6.07, 6.45) is 9.52. The average molecular weight is 265 g/mol. The van der Waals surface area contributed by atoms with Crippen LogP contribution in [0.25, 0.3) is 0 Å². The van der Waals surface area contributed by atoms with Gasteiger partial charge < -0.3 is 9.88 Å². The highest BCUT2D eigenvalue weighted by molar-refractivity contribution is 7.99. The molecule has 3 heterocycles. The maximum atomic E-state index is 4.39. The number of hydrogen-bond donors (Lipinski definition) is 1. The lowest BCUT2D eigenvalue weighted by Gasteiger charge is -2.26. The highest BCUT2D eigenvalue weighted by Crippen LogP contribution is 2.27. The van der Waals surface area contributed by atoms with E-state index in [0.717, 1.165) is 12.5 Å². The zero-order chi connectivity index (χ0) is 12.2. The molecule has 0 radical (unpaired) electrons. The fourth-order valence-corrected chi connectivity index (χ4v) is 4.34. The van der Waals surface area contributed by atoms with Gasteiger partial charge in [0.25, 0.3) is 0 Å². The summed E-state index contributed by atoms with van der Waals surface area (Å²) in [7, 11) is 0. The van der Waals surface area contributed by atoms with Crippen molar-refractivity contribution in [2.24, 2.45) is 5.92 Å². The number of nitrogens with zero attached hydrogens (tertiary/aromatic N) is 2. The quantitative estimate of drug-likeness (QED) is 0.910. The highest BCUT2D eigenvalue weighted by atomic mass is 32.2. The monoisotopic (exact) mass is 265 g/mol. The first-order chi connectivity index (χ1) is 8.93. The van der Waals surface area contributed by atoms with E-state index in [-0.39, 0.29) is 0 Å². The van der Waals surface area contributed by atoms with Crippen LogP contribution in [0.2, 0.25) is 0 Å². The summed E-state index contributed by atoms with van der Waals surface area (Å²) in [5, 5.41) is 3.51. The van der Waals surface area contributed by atoms with Gasteiger partial charge in [-0.2, -0.15) is 11.8 Å². The molecule has 4 heteroatoms. The number of rotatable bonds is 3. The number of piperidine rings is 1. The van der Waals surface area contributed by atoms with Crippen molar-refractivity contribution in [3.8, 4) is 0 Å². The molecule has 0 saturated carbocycles. The molecule has 3 rings (SSSR count). The van der Waals surface area contributed by atoms with Gasteiger partial charge in [-0.05, 0) is 49.7 Å². The number of nitrogens with one attached hydrogen (secondary N) is 1. The average Bonchev–Trinajstić information content (AvgIpc) is 2.89. The summed E-state index contributed by atoms with van der Waals surface area (Å²) >= 11 is 2.11. The van der Waals surface area contributed by atoms with Gasteiger partial charge in [0.05, 0.1) is 6.33 Å². The summed E-state index contributed by atoms with van der Waals surface area (Å²) in [4.78, 5) is 4.39. The third-order valence-electron chi connectivity index (χ3n) is 4.26. The predicted octanol–water partition coefficient (Wildman–Crippen LogP) is 2.49. The first kappa shape index (κ1) is 12.5. The van der Waals surface area contributed by atoms with Crippen molar-refractivity contribution in [1.82, 2.24) is 14.9 Å². The van der Waals surface area contributed by atoms with Gasteiger partial charge in [0.15, 0.2) is 0 Å². The molecule has 0 aromatic carbocycles. The third kappa shape index (κ3) is 2.91. The molecule has 2 aliphatic heterocycles. The molecular formula is C14H23N3S. The molecule has 0 amide bonds. The Labute approximate surface area is 114 Å². The van der Waals surface area contributed by atoms with Gasteiger partial charge in [0.1, 0.15) is 0 Å². The second-order valence-electron chi connectivity index (χ2n) is 5.57. The van der Waals surface area contributed by atoms with E-state index in [1.807, 2.05) is 6.33 Å². The Hall–Kier alpha value is -0.480.